The topological polar surface area (TPSA) is 76.7 Å². The Morgan fingerprint density at radius 2 is 1.90 bits per heavy atom. The molecule has 1 aromatic rings. The summed E-state index contributed by atoms with van der Waals surface area (Å²) < 4.78 is 10.8. The summed E-state index contributed by atoms with van der Waals surface area (Å²) in [5.74, 6) is 0.894. The molecule has 0 bridgehead atoms. The summed E-state index contributed by atoms with van der Waals surface area (Å²) in [5.41, 5.74) is 0.615. The average Bonchev–Trinajstić information content (AvgIpc) is 2.45. The fraction of sp³-hybridized carbons (Fsp3) is 0.429. The van der Waals surface area contributed by atoms with Crippen LogP contribution in [0.2, 0.25) is 0 Å². The number of benzene rings is 1. The molecule has 0 aliphatic carbocycles. The summed E-state index contributed by atoms with van der Waals surface area (Å²) in [6.07, 6.45) is 1.19. The lowest BCUT2D eigenvalue weighted by Crippen LogP contribution is -2.32. The summed E-state index contributed by atoms with van der Waals surface area (Å²) in [4.78, 5) is 23.0. The molecular weight excluding hydrogens is 260 g/mol. The van der Waals surface area contributed by atoms with Gasteiger partial charge in [-0.1, -0.05) is 6.92 Å². The van der Waals surface area contributed by atoms with Crippen molar-refractivity contribution in [2.45, 2.75) is 19.8 Å². The van der Waals surface area contributed by atoms with Gasteiger partial charge >= 0.3 is 0 Å². The van der Waals surface area contributed by atoms with Gasteiger partial charge in [0.05, 0.1) is 6.54 Å². The zero-order valence-electron chi connectivity index (χ0n) is 11.4. The Hall–Kier alpha value is -2.24. The van der Waals surface area contributed by atoms with E-state index in [1.165, 1.54) is 0 Å². The highest BCUT2D eigenvalue weighted by Gasteiger charge is 2.12. The van der Waals surface area contributed by atoms with E-state index in [0.717, 1.165) is 6.42 Å². The molecule has 6 nitrogen and oxygen atoms in total. The maximum absolute atomic E-state index is 11.7. The minimum atomic E-state index is -0.272. The Bertz CT molecular complexity index is 502. The molecule has 0 unspecified atom stereocenters. The lowest BCUT2D eigenvalue weighted by Gasteiger charge is -2.19. The molecule has 1 heterocycles. The van der Waals surface area contributed by atoms with Crippen LogP contribution in [0.15, 0.2) is 18.2 Å². The molecule has 2 rings (SSSR count). The van der Waals surface area contributed by atoms with E-state index in [9.17, 15) is 9.59 Å². The molecule has 0 fully saturated rings. The van der Waals surface area contributed by atoms with Crippen molar-refractivity contribution in [3.63, 3.8) is 0 Å². The number of carbonyl (C=O) groups is 2. The van der Waals surface area contributed by atoms with Crippen molar-refractivity contribution in [1.82, 2.24) is 5.32 Å². The molecule has 1 aliphatic heterocycles. The van der Waals surface area contributed by atoms with Crippen molar-refractivity contribution < 1.29 is 19.1 Å². The highest BCUT2D eigenvalue weighted by Crippen LogP contribution is 2.32. The van der Waals surface area contributed by atoms with E-state index in [-0.39, 0.29) is 18.4 Å². The van der Waals surface area contributed by atoms with Crippen LogP contribution < -0.4 is 20.1 Å². The summed E-state index contributed by atoms with van der Waals surface area (Å²) >= 11 is 0. The van der Waals surface area contributed by atoms with Crippen molar-refractivity contribution in [2.24, 2.45) is 0 Å². The van der Waals surface area contributed by atoms with Gasteiger partial charge in [-0.15, -0.1) is 0 Å². The van der Waals surface area contributed by atoms with E-state index >= 15 is 0 Å². The number of hydrogen-bond acceptors (Lipinski definition) is 4. The van der Waals surface area contributed by atoms with Crippen molar-refractivity contribution >= 4 is 17.5 Å². The third kappa shape index (κ3) is 3.88. The van der Waals surface area contributed by atoms with Crippen LogP contribution in [0.3, 0.4) is 0 Å². The molecule has 108 valence electrons. The van der Waals surface area contributed by atoms with Gasteiger partial charge in [0.1, 0.15) is 13.2 Å². The van der Waals surface area contributed by atoms with Gasteiger partial charge in [-0.2, -0.15) is 0 Å². The maximum Gasteiger partial charge on any atom is 0.243 e. The van der Waals surface area contributed by atoms with Gasteiger partial charge in [0, 0.05) is 18.2 Å². The number of amides is 2. The second-order valence-electron chi connectivity index (χ2n) is 4.43. The monoisotopic (exact) mass is 278 g/mol. The molecule has 0 spiro atoms. The number of rotatable bonds is 5. The largest absolute Gasteiger partial charge is 0.486 e. The Morgan fingerprint density at radius 1 is 1.15 bits per heavy atom. The SMILES string of the molecule is CCCC(=O)NCC(=O)Nc1ccc2c(c1)OCCO2. The molecule has 0 aromatic heterocycles. The third-order valence-electron chi connectivity index (χ3n) is 2.75. The van der Waals surface area contributed by atoms with E-state index < -0.39 is 0 Å². The van der Waals surface area contributed by atoms with Gasteiger partial charge in [-0.25, -0.2) is 0 Å². The number of fused-ring (bicyclic) bond motifs is 1. The third-order valence-corrected chi connectivity index (χ3v) is 2.75. The molecule has 0 saturated heterocycles. The van der Waals surface area contributed by atoms with E-state index in [4.69, 9.17) is 9.47 Å². The van der Waals surface area contributed by atoms with Crippen LogP contribution in [0.5, 0.6) is 11.5 Å². The Balaban J connectivity index is 1.86. The fourth-order valence-corrected chi connectivity index (χ4v) is 1.82. The van der Waals surface area contributed by atoms with Gasteiger partial charge in [-0.3, -0.25) is 9.59 Å². The Kier molecular flexibility index (Phi) is 4.81. The van der Waals surface area contributed by atoms with Gasteiger partial charge in [0.15, 0.2) is 11.5 Å². The molecule has 1 aliphatic rings. The maximum atomic E-state index is 11.7. The van der Waals surface area contributed by atoms with Crippen LogP contribution in [0.25, 0.3) is 0 Å². The quantitative estimate of drug-likeness (QED) is 0.851. The van der Waals surface area contributed by atoms with Crippen LogP contribution >= 0.6 is 0 Å². The van der Waals surface area contributed by atoms with Crippen molar-refractivity contribution in [3.8, 4) is 11.5 Å². The molecule has 20 heavy (non-hydrogen) atoms. The molecule has 2 N–H and O–H groups in total. The molecule has 2 amide bonds. The summed E-state index contributed by atoms with van der Waals surface area (Å²) in [6.45, 7) is 2.90. The number of hydrogen-bond donors (Lipinski definition) is 2. The van der Waals surface area contributed by atoms with Gasteiger partial charge < -0.3 is 20.1 Å². The molecule has 1 aromatic carbocycles. The standard InChI is InChI=1S/C14H18N2O4/c1-2-3-13(17)15-9-14(18)16-10-4-5-11-12(8-10)20-7-6-19-11/h4-5,8H,2-3,6-7,9H2,1H3,(H,15,17)(H,16,18). The van der Waals surface area contributed by atoms with Crippen molar-refractivity contribution in [2.75, 3.05) is 25.1 Å². The fourth-order valence-electron chi connectivity index (χ4n) is 1.82. The first kappa shape index (κ1) is 14.2. The lowest BCUT2D eigenvalue weighted by atomic mass is 10.2. The highest BCUT2D eigenvalue weighted by atomic mass is 16.6. The summed E-state index contributed by atoms with van der Waals surface area (Å²) in [5, 5.41) is 5.26. The predicted molar refractivity (Wildman–Crippen MR) is 74.0 cm³/mol. The molecular formula is C14H18N2O4. The minimum absolute atomic E-state index is 0.0344. The van der Waals surface area contributed by atoms with Crippen LogP contribution in [0, 0.1) is 0 Å². The normalized spacial score (nSPS) is 12.7. The van der Waals surface area contributed by atoms with Crippen molar-refractivity contribution in [1.29, 1.82) is 0 Å². The predicted octanol–water partition coefficient (Wildman–Crippen LogP) is 1.31. The number of anilines is 1. The molecule has 0 radical (unpaired) electrons. The molecule has 6 heteroatoms. The number of ether oxygens (including phenoxy) is 2. The zero-order chi connectivity index (χ0) is 14.4. The van der Waals surface area contributed by atoms with Crippen LogP contribution in [0.1, 0.15) is 19.8 Å². The lowest BCUT2D eigenvalue weighted by molar-refractivity contribution is -0.124. The first-order valence-corrected chi connectivity index (χ1v) is 6.65. The second kappa shape index (κ2) is 6.79. The molecule has 0 saturated carbocycles. The average molecular weight is 278 g/mol. The Morgan fingerprint density at radius 3 is 2.65 bits per heavy atom. The zero-order valence-corrected chi connectivity index (χ0v) is 11.4. The van der Waals surface area contributed by atoms with Crippen LogP contribution in [-0.2, 0) is 9.59 Å². The highest BCUT2D eigenvalue weighted by molar-refractivity contribution is 5.94. The van der Waals surface area contributed by atoms with Crippen LogP contribution in [0.4, 0.5) is 5.69 Å². The van der Waals surface area contributed by atoms with Gasteiger partial charge in [0.25, 0.3) is 0 Å². The van der Waals surface area contributed by atoms with Crippen molar-refractivity contribution in [3.05, 3.63) is 18.2 Å². The first-order valence-electron chi connectivity index (χ1n) is 6.65. The first-order chi connectivity index (χ1) is 9.69. The minimum Gasteiger partial charge on any atom is -0.486 e. The van der Waals surface area contributed by atoms with Crippen LogP contribution in [-0.4, -0.2) is 31.6 Å². The van der Waals surface area contributed by atoms with E-state index in [1.54, 1.807) is 18.2 Å². The van der Waals surface area contributed by atoms with E-state index in [0.29, 0.717) is 36.8 Å². The molecule has 0 atom stereocenters. The second-order valence-corrected chi connectivity index (χ2v) is 4.43. The summed E-state index contributed by atoms with van der Waals surface area (Å²) in [7, 11) is 0. The number of nitrogens with one attached hydrogen (secondary N) is 2. The smallest absolute Gasteiger partial charge is 0.243 e. The van der Waals surface area contributed by atoms with E-state index in [1.807, 2.05) is 6.92 Å². The number of carbonyl (C=O) groups excluding carboxylic acids is 2. The van der Waals surface area contributed by atoms with Gasteiger partial charge in [0.2, 0.25) is 11.8 Å². The summed E-state index contributed by atoms with van der Waals surface area (Å²) in [6, 6.07) is 5.19. The Labute approximate surface area is 117 Å². The van der Waals surface area contributed by atoms with Gasteiger partial charge in [-0.05, 0) is 18.6 Å². The van der Waals surface area contributed by atoms with E-state index in [2.05, 4.69) is 10.6 Å².